The number of nitrogens with two attached hydrogens (primary N) is 2. The third-order valence-corrected chi connectivity index (χ3v) is 8.66. The Bertz CT molecular complexity index is 1570. The van der Waals surface area contributed by atoms with E-state index in [0.29, 0.717) is 11.1 Å². The lowest BCUT2D eigenvalue weighted by Gasteiger charge is -2.36. The number of rotatable bonds is 19. The van der Waals surface area contributed by atoms with Crippen molar-refractivity contribution >= 4 is 29.6 Å². The molecule has 0 aliphatic rings. The number of hydrogen-bond acceptors (Lipinski definition) is 9. The summed E-state index contributed by atoms with van der Waals surface area (Å²) in [6, 6.07) is 11.4. The second kappa shape index (κ2) is 20.4. The third kappa shape index (κ3) is 14.5. The number of carbonyl (C=O) groups is 5. The van der Waals surface area contributed by atoms with E-state index in [1.807, 2.05) is 13.0 Å². The first-order valence-corrected chi connectivity index (χ1v) is 18.3. The Morgan fingerprint density at radius 3 is 2.06 bits per heavy atom. The zero-order valence-electron chi connectivity index (χ0n) is 32.7. The highest BCUT2D eigenvalue weighted by Crippen LogP contribution is 2.28. The summed E-state index contributed by atoms with van der Waals surface area (Å²) in [6.45, 7) is 11.5. The van der Waals surface area contributed by atoms with Crippen molar-refractivity contribution in [3.63, 3.8) is 0 Å². The molecular weight excluding hydrogens is 700 g/mol. The average Bonchev–Trinajstić information content (AvgIpc) is 3.07. The fourth-order valence-corrected chi connectivity index (χ4v) is 5.82. The number of aryl methyl sites for hydroxylation is 1. The third-order valence-electron chi connectivity index (χ3n) is 8.66. The maximum Gasteiger partial charge on any atom is 0.408 e. The van der Waals surface area contributed by atoms with E-state index in [2.05, 4.69) is 10.6 Å². The fraction of sp³-hybridized carbons (Fsp3) is 0.575. The molecule has 12 nitrogen and oxygen atoms in total. The largest absolute Gasteiger partial charge is 0.444 e. The SMILES string of the molecule is Cc1cccc(CC(=O)[C@@H](CCN)C(=O)N(CC(F)(F)C(O)C(CC(C)C)NC(=O)[C@H](Cc2ccccc2)NC(=O)OC(C)(C)C)C(=O)[C@@H](N)C(C)C)c1. The predicted molar refractivity (Wildman–Crippen MR) is 202 cm³/mol. The maximum atomic E-state index is 16.4. The molecule has 0 radical (unpaired) electrons. The van der Waals surface area contributed by atoms with E-state index in [9.17, 15) is 29.1 Å². The van der Waals surface area contributed by atoms with Crippen LogP contribution < -0.4 is 22.1 Å². The predicted octanol–water partition coefficient (Wildman–Crippen LogP) is 4.07. The highest BCUT2D eigenvalue weighted by Gasteiger charge is 2.49. The van der Waals surface area contributed by atoms with Gasteiger partial charge in [-0.3, -0.25) is 24.1 Å². The molecule has 0 saturated carbocycles. The summed E-state index contributed by atoms with van der Waals surface area (Å²) in [6.07, 6.45) is -4.15. The minimum atomic E-state index is -4.21. The summed E-state index contributed by atoms with van der Waals surface area (Å²) in [4.78, 5) is 67.9. The van der Waals surface area contributed by atoms with Crippen LogP contribution in [0.3, 0.4) is 0 Å². The molecule has 0 saturated heterocycles. The van der Waals surface area contributed by atoms with Gasteiger partial charge in [-0.2, -0.15) is 0 Å². The van der Waals surface area contributed by atoms with Crippen molar-refractivity contribution in [3.8, 4) is 0 Å². The molecule has 5 atom stereocenters. The normalized spacial score (nSPS) is 14.8. The number of halogens is 2. The Morgan fingerprint density at radius 1 is 0.907 bits per heavy atom. The molecule has 2 aromatic carbocycles. The monoisotopic (exact) mass is 759 g/mol. The highest BCUT2D eigenvalue weighted by atomic mass is 19.3. The lowest BCUT2D eigenvalue weighted by Crippen LogP contribution is -2.61. The number of alkyl carbamates (subject to hydrolysis) is 1. The van der Waals surface area contributed by atoms with Crippen molar-refractivity contribution in [2.75, 3.05) is 13.1 Å². The molecule has 2 unspecified atom stereocenters. The molecule has 2 rings (SSSR count). The van der Waals surface area contributed by atoms with Crippen LogP contribution in [0.15, 0.2) is 54.6 Å². The summed E-state index contributed by atoms with van der Waals surface area (Å²) in [5, 5.41) is 16.3. The number of imide groups is 1. The number of alkyl halides is 2. The summed E-state index contributed by atoms with van der Waals surface area (Å²) in [7, 11) is 0. The molecule has 0 aromatic heterocycles. The first-order valence-electron chi connectivity index (χ1n) is 18.3. The van der Waals surface area contributed by atoms with E-state index in [0.717, 1.165) is 5.56 Å². The van der Waals surface area contributed by atoms with Crippen LogP contribution in [0, 0.1) is 24.7 Å². The molecule has 0 spiro atoms. The van der Waals surface area contributed by atoms with Crippen molar-refractivity contribution in [3.05, 3.63) is 71.3 Å². The number of carbonyl (C=O) groups excluding carboxylic acids is 5. The Hall–Kier alpha value is -4.27. The average molecular weight is 760 g/mol. The van der Waals surface area contributed by atoms with Gasteiger partial charge in [0.15, 0.2) is 0 Å². The van der Waals surface area contributed by atoms with Crippen LogP contribution >= 0.6 is 0 Å². The van der Waals surface area contributed by atoms with E-state index in [1.165, 1.54) is 0 Å². The number of nitrogens with zero attached hydrogens (tertiary/aromatic N) is 1. The molecule has 14 heteroatoms. The summed E-state index contributed by atoms with van der Waals surface area (Å²) >= 11 is 0. The van der Waals surface area contributed by atoms with Gasteiger partial charge < -0.3 is 31.9 Å². The number of aliphatic hydroxyl groups excluding tert-OH is 1. The molecule has 0 aliphatic carbocycles. The zero-order valence-corrected chi connectivity index (χ0v) is 32.7. The van der Waals surface area contributed by atoms with Crippen molar-refractivity contribution < 1.29 is 42.6 Å². The Balaban J connectivity index is 2.48. The molecule has 2 aromatic rings. The molecule has 7 N–H and O–H groups in total. The van der Waals surface area contributed by atoms with Crippen LogP contribution in [0.5, 0.6) is 0 Å². The maximum absolute atomic E-state index is 16.4. The molecule has 54 heavy (non-hydrogen) atoms. The number of Topliss-reactive ketones (excluding diaryl/α,β-unsaturated/α-hetero) is 1. The van der Waals surface area contributed by atoms with Crippen LogP contribution in [0.25, 0.3) is 0 Å². The van der Waals surface area contributed by atoms with Gasteiger partial charge in [-0.1, -0.05) is 87.9 Å². The Morgan fingerprint density at radius 2 is 1.52 bits per heavy atom. The van der Waals surface area contributed by atoms with Crippen LogP contribution in [0.1, 0.15) is 78.0 Å². The van der Waals surface area contributed by atoms with Crippen molar-refractivity contribution in [2.24, 2.45) is 29.2 Å². The topological polar surface area (TPSA) is 194 Å². The Kier molecular flexibility index (Phi) is 17.4. The number of aliphatic hydroxyl groups is 1. The fourth-order valence-electron chi connectivity index (χ4n) is 5.82. The Labute approximate surface area is 317 Å². The smallest absolute Gasteiger partial charge is 0.408 e. The second-order valence-electron chi connectivity index (χ2n) is 15.6. The summed E-state index contributed by atoms with van der Waals surface area (Å²) in [5.74, 6) is -10.5. The van der Waals surface area contributed by atoms with Gasteiger partial charge in [-0.15, -0.1) is 0 Å². The van der Waals surface area contributed by atoms with Crippen LogP contribution in [-0.2, 0) is 36.8 Å². The number of ketones is 1. The standard InChI is InChI=1S/C40H59F2N5O7/c1-24(2)19-30(45-35(50)31(21-27-14-10-9-11-15-27)46-38(53)54-39(6,7)8)34(49)40(41,42)23-47(37(52)33(44)25(3)4)36(51)29(17-18-43)32(48)22-28-16-12-13-26(5)20-28/h9-16,20,24-25,29-31,33-34,49H,17-19,21-23,43-44H2,1-8H3,(H,45,50)(H,46,53)/t29-,30?,31+,33+,34?/m1/s1. The van der Waals surface area contributed by atoms with Gasteiger partial charge in [0.25, 0.3) is 5.92 Å². The van der Waals surface area contributed by atoms with Gasteiger partial charge >= 0.3 is 6.09 Å². The molecule has 0 bridgehead atoms. The first kappa shape index (κ1) is 45.9. The van der Waals surface area contributed by atoms with Gasteiger partial charge in [-0.05, 0) is 70.0 Å². The minimum absolute atomic E-state index is 0.0320. The minimum Gasteiger partial charge on any atom is -0.444 e. The van der Waals surface area contributed by atoms with E-state index in [4.69, 9.17) is 16.2 Å². The molecule has 0 fully saturated rings. The van der Waals surface area contributed by atoms with Crippen LogP contribution in [0.2, 0.25) is 0 Å². The van der Waals surface area contributed by atoms with Crippen molar-refractivity contribution in [1.29, 1.82) is 0 Å². The van der Waals surface area contributed by atoms with Gasteiger partial charge in [0, 0.05) is 12.8 Å². The molecular formula is C40H59F2N5O7. The lowest BCUT2D eigenvalue weighted by molar-refractivity contribution is -0.169. The number of ether oxygens (including phenoxy) is 1. The molecule has 4 amide bonds. The summed E-state index contributed by atoms with van der Waals surface area (Å²) < 4.78 is 38.1. The molecule has 300 valence electrons. The number of nitrogens with one attached hydrogen (secondary N) is 2. The van der Waals surface area contributed by atoms with Crippen molar-refractivity contribution in [1.82, 2.24) is 15.5 Å². The zero-order chi connectivity index (χ0) is 41.0. The van der Waals surface area contributed by atoms with Gasteiger partial charge in [0.2, 0.25) is 17.7 Å². The van der Waals surface area contributed by atoms with Gasteiger partial charge in [-0.25, -0.2) is 13.6 Å². The number of benzene rings is 2. The van der Waals surface area contributed by atoms with Gasteiger partial charge in [0.05, 0.1) is 24.5 Å². The highest BCUT2D eigenvalue weighted by molar-refractivity contribution is 6.08. The second-order valence-corrected chi connectivity index (χ2v) is 15.6. The van der Waals surface area contributed by atoms with E-state index in [-0.39, 0.29) is 43.0 Å². The number of amides is 4. The first-order chi connectivity index (χ1) is 25.1. The van der Waals surface area contributed by atoms with E-state index < -0.39 is 83.7 Å². The van der Waals surface area contributed by atoms with E-state index in [1.54, 1.807) is 97.0 Å². The molecule has 0 aliphatic heterocycles. The van der Waals surface area contributed by atoms with E-state index >= 15 is 8.78 Å². The van der Waals surface area contributed by atoms with Gasteiger partial charge in [0.1, 0.15) is 23.5 Å². The summed E-state index contributed by atoms with van der Waals surface area (Å²) in [5.41, 5.74) is 13.0. The number of hydrogen-bond donors (Lipinski definition) is 5. The van der Waals surface area contributed by atoms with Crippen molar-refractivity contribution in [2.45, 2.75) is 117 Å². The van der Waals surface area contributed by atoms with Crippen LogP contribution in [0.4, 0.5) is 13.6 Å². The van der Waals surface area contributed by atoms with Crippen LogP contribution in [-0.4, -0.2) is 88.4 Å². The quantitative estimate of drug-likeness (QED) is 0.131. The molecule has 0 heterocycles. The lowest BCUT2D eigenvalue weighted by atomic mass is 9.91.